The van der Waals surface area contributed by atoms with Crippen LogP contribution in [0.2, 0.25) is 0 Å². The van der Waals surface area contributed by atoms with E-state index in [1.165, 1.54) is 0 Å². The Labute approximate surface area is 157 Å². The number of rotatable bonds is 6. The van der Waals surface area contributed by atoms with Crippen molar-refractivity contribution in [1.82, 2.24) is 14.5 Å². The molecule has 0 saturated heterocycles. The Kier molecular flexibility index (Phi) is 4.71. The number of pyridine rings is 1. The van der Waals surface area contributed by atoms with Crippen LogP contribution in [-0.4, -0.2) is 20.4 Å². The first-order chi connectivity index (χ1) is 13.2. The fourth-order valence-corrected chi connectivity index (χ4v) is 3.11. The minimum Gasteiger partial charge on any atom is -0.311 e. The normalized spacial score (nSPS) is 13.7. The SMILES string of the molecule is CCCCC(=O)Nc1ccc(-c2ccc3ncn(C4CC4)c(=O)c3c2)cn1. The number of fused-ring (bicyclic) bond motifs is 1. The van der Waals surface area contributed by atoms with Crippen molar-refractivity contribution in [2.24, 2.45) is 0 Å². The van der Waals surface area contributed by atoms with Crippen LogP contribution in [0.15, 0.2) is 47.7 Å². The van der Waals surface area contributed by atoms with Crippen LogP contribution in [0.4, 0.5) is 5.82 Å². The molecule has 1 aliphatic carbocycles. The summed E-state index contributed by atoms with van der Waals surface area (Å²) in [7, 11) is 0. The molecule has 3 aromatic rings. The number of hydrogen-bond acceptors (Lipinski definition) is 4. The Hall–Kier alpha value is -3.02. The van der Waals surface area contributed by atoms with Crippen molar-refractivity contribution in [2.45, 2.75) is 45.1 Å². The molecule has 0 spiro atoms. The van der Waals surface area contributed by atoms with Gasteiger partial charge >= 0.3 is 0 Å². The fraction of sp³-hybridized carbons (Fsp3) is 0.333. The molecular weight excluding hydrogens is 340 g/mol. The molecule has 0 bridgehead atoms. The van der Waals surface area contributed by atoms with Gasteiger partial charge in [0.25, 0.3) is 5.56 Å². The molecule has 1 amide bonds. The highest BCUT2D eigenvalue weighted by molar-refractivity contribution is 5.90. The van der Waals surface area contributed by atoms with E-state index in [9.17, 15) is 9.59 Å². The zero-order chi connectivity index (χ0) is 18.8. The van der Waals surface area contributed by atoms with Gasteiger partial charge in [0, 0.05) is 24.2 Å². The maximum Gasteiger partial charge on any atom is 0.261 e. The highest BCUT2D eigenvalue weighted by Gasteiger charge is 2.25. The number of hydrogen-bond donors (Lipinski definition) is 1. The van der Waals surface area contributed by atoms with Crippen LogP contribution in [0.1, 0.15) is 45.1 Å². The lowest BCUT2D eigenvalue weighted by Crippen LogP contribution is -2.19. The first-order valence-corrected chi connectivity index (χ1v) is 9.43. The Balaban J connectivity index is 1.59. The van der Waals surface area contributed by atoms with Gasteiger partial charge in [-0.3, -0.25) is 14.2 Å². The smallest absolute Gasteiger partial charge is 0.261 e. The number of anilines is 1. The summed E-state index contributed by atoms with van der Waals surface area (Å²) in [4.78, 5) is 33.3. The number of benzene rings is 1. The number of carbonyl (C=O) groups excluding carboxylic acids is 1. The highest BCUT2D eigenvalue weighted by Crippen LogP contribution is 2.33. The first-order valence-electron chi connectivity index (χ1n) is 9.43. The number of nitrogens with zero attached hydrogens (tertiary/aromatic N) is 3. The molecule has 27 heavy (non-hydrogen) atoms. The minimum absolute atomic E-state index is 0.0112. The van der Waals surface area contributed by atoms with Gasteiger partial charge in [0.05, 0.1) is 17.2 Å². The number of unbranched alkanes of at least 4 members (excludes halogenated alkanes) is 1. The van der Waals surface area contributed by atoms with Gasteiger partial charge in [0.1, 0.15) is 5.82 Å². The van der Waals surface area contributed by atoms with Crippen molar-refractivity contribution in [1.29, 1.82) is 0 Å². The molecule has 138 valence electrons. The van der Waals surface area contributed by atoms with Crippen LogP contribution < -0.4 is 10.9 Å². The Morgan fingerprint density at radius 2 is 2.00 bits per heavy atom. The van der Waals surface area contributed by atoms with E-state index >= 15 is 0 Å². The number of carbonyl (C=O) groups is 1. The number of nitrogens with one attached hydrogen (secondary N) is 1. The first kappa shape index (κ1) is 17.4. The van der Waals surface area contributed by atoms with Gasteiger partial charge in [0.15, 0.2) is 0 Å². The molecule has 0 unspecified atom stereocenters. The monoisotopic (exact) mass is 362 g/mol. The predicted molar refractivity (Wildman–Crippen MR) is 106 cm³/mol. The lowest BCUT2D eigenvalue weighted by Gasteiger charge is -2.08. The Morgan fingerprint density at radius 3 is 2.70 bits per heavy atom. The second-order valence-corrected chi connectivity index (χ2v) is 7.00. The van der Waals surface area contributed by atoms with Gasteiger partial charge in [-0.25, -0.2) is 9.97 Å². The van der Waals surface area contributed by atoms with Crippen molar-refractivity contribution in [2.75, 3.05) is 5.32 Å². The van der Waals surface area contributed by atoms with Crippen molar-refractivity contribution in [3.8, 4) is 11.1 Å². The van der Waals surface area contributed by atoms with Crippen LogP contribution in [0, 0.1) is 0 Å². The van der Waals surface area contributed by atoms with Crippen molar-refractivity contribution < 1.29 is 4.79 Å². The van der Waals surface area contributed by atoms with Gasteiger partial charge in [-0.05, 0) is 49.1 Å². The second-order valence-electron chi connectivity index (χ2n) is 7.00. The molecule has 0 aliphatic heterocycles. The van der Waals surface area contributed by atoms with Crippen molar-refractivity contribution in [3.63, 3.8) is 0 Å². The molecule has 1 aromatic carbocycles. The molecule has 1 N–H and O–H groups in total. The summed E-state index contributed by atoms with van der Waals surface area (Å²) < 4.78 is 1.74. The molecule has 4 rings (SSSR count). The van der Waals surface area contributed by atoms with E-state index in [0.717, 1.165) is 36.8 Å². The van der Waals surface area contributed by atoms with Gasteiger partial charge in [-0.15, -0.1) is 0 Å². The van der Waals surface area contributed by atoms with Gasteiger partial charge in [-0.1, -0.05) is 19.4 Å². The van der Waals surface area contributed by atoms with Crippen LogP contribution in [-0.2, 0) is 4.79 Å². The van der Waals surface area contributed by atoms with E-state index in [1.807, 2.05) is 24.3 Å². The van der Waals surface area contributed by atoms with E-state index in [2.05, 4.69) is 22.2 Å². The van der Waals surface area contributed by atoms with Crippen molar-refractivity contribution >= 4 is 22.6 Å². The highest BCUT2D eigenvalue weighted by atomic mass is 16.1. The zero-order valence-electron chi connectivity index (χ0n) is 15.3. The standard InChI is InChI=1S/C21H22N4O2/c1-2-3-4-20(26)24-19-10-6-15(12-22-19)14-5-9-18-17(11-14)21(27)25(13-23-18)16-7-8-16/h5-6,9-13,16H,2-4,7-8H2,1H3,(H,22,24,26). The third-order valence-electron chi connectivity index (χ3n) is 4.84. The molecule has 6 heteroatoms. The Morgan fingerprint density at radius 1 is 1.19 bits per heavy atom. The number of amides is 1. The quantitative estimate of drug-likeness (QED) is 0.721. The summed E-state index contributed by atoms with van der Waals surface area (Å²) in [6.45, 7) is 2.05. The predicted octanol–water partition coefficient (Wildman–Crippen LogP) is 3.92. The van der Waals surface area contributed by atoms with E-state index in [4.69, 9.17) is 0 Å². The summed E-state index contributed by atoms with van der Waals surface area (Å²) in [5.74, 6) is 0.521. The Bertz CT molecular complexity index is 1040. The fourth-order valence-electron chi connectivity index (χ4n) is 3.11. The van der Waals surface area contributed by atoms with E-state index in [0.29, 0.717) is 29.2 Å². The molecule has 2 heterocycles. The minimum atomic E-state index is -0.0190. The largest absolute Gasteiger partial charge is 0.311 e. The lowest BCUT2D eigenvalue weighted by atomic mass is 10.1. The van der Waals surface area contributed by atoms with E-state index < -0.39 is 0 Å². The molecule has 1 aliphatic rings. The molecular formula is C21H22N4O2. The summed E-state index contributed by atoms with van der Waals surface area (Å²) in [5.41, 5.74) is 2.52. The molecule has 2 aromatic heterocycles. The molecule has 0 atom stereocenters. The third kappa shape index (κ3) is 3.74. The maximum absolute atomic E-state index is 12.7. The van der Waals surface area contributed by atoms with Crippen LogP contribution >= 0.6 is 0 Å². The molecule has 1 fully saturated rings. The van der Waals surface area contributed by atoms with Crippen LogP contribution in [0.3, 0.4) is 0 Å². The van der Waals surface area contributed by atoms with Crippen LogP contribution in [0.5, 0.6) is 0 Å². The van der Waals surface area contributed by atoms with E-state index in [-0.39, 0.29) is 11.5 Å². The summed E-state index contributed by atoms with van der Waals surface area (Å²) in [6.07, 6.45) is 7.81. The average Bonchev–Trinajstić information content (AvgIpc) is 3.52. The summed E-state index contributed by atoms with van der Waals surface area (Å²) in [6, 6.07) is 9.67. The van der Waals surface area contributed by atoms with Crippen molar-refractivity contribution in [3.05, 3.63) is 53.2 Å². The maximum atomic E-state index is 12.7. The number of aromatic nitrogens is 3. The van der Waals surface area contributed by atoms with Crippen LogP contribution in [0.25, 0.3) is 22.0 Å². The second kappa shape index (κ2) is 7.31. The average molecular weight is 362 g/mol. The third-order valence-corrected chi connectivity index (χ3v) is 4.84. The molecule has 1 saturated carbocycles. The van der Waals surface area contributed by atoms with Gasteiger partial charge in [0.2, 0.25) is 5.91 Å². The molecule has 6 nitrogen and oxygen atoms in total. The lowest BCUT2D eigenvalue weighted by molar-refractivity contribution is -0.116. The zero-order valence-corrected chi connectivity index (χ0v) is 15.3. The summed E-state index contributed by atoms with van der Waals surface area (Å²) in [5, 5.41) is 3.43. The molecule has 0 radical (unpaired) electrons. The van der Waals surface area contributed by atoms with E-state index in [1.54, 1.807) is 23.2 Å². The van der Waals surface area contributed by atoms with Gasteiger partial charge < -0.3 is 5.32 Å². The topological polar surface area (TPSA) is 76.9 Å². The summed E-state index contributed by atoms with van der Waals surface area (Å²) >= 11 is 0. The van der Waals surface area contributed by atoms with Gasteiger partial charge in [-0.2, -0.15) is 0 Å².